The van der Waals surface area contributed by atoms with Gasteiger partial charge < -0.3 is 10.8 Å². The van der Waals surface area contributed by atoms with Crippen LogP contribution in [0.3, 0.4) is 0 Å². The highest BCUT2D eigenvalue weighted by Crippen LogP contribution is 2.28. The maximum absolute atomic E-state index is 13.2. The predicted octanol–water partition coefficient (Wildman–Crippen LogP) is 2.85. The average molecular weight is 267 g/mol. The quantitative estimate of drug-likeness (QED) is 0.879. The molecular formula is C13H12ClFN2O. The number of rotatable bonds is 2. The van der Waals surface area contributed by atoms with Gasteiger partial charge in [-0.25, -0.2) is 9.37 Å². The number of aliphatic hydroxyl groups is 1. The molecular weight excluding hydrogens is 255 g/mol. The van der Waals surface area contributed by atoms with Crippen molar-refractivity contribution in [1.82, 2.24) is 4.98 Å². The lowest BCUT2D eigenvalue weighted by atomic mass is 10.0. The number of halogens is 2. The van der Waals surface area contributed by atoms with Crippen LogP contribution in [0.1, 0.15) is 22.8 Å². The molecule has 18 heavy (non-hydrogen) atoms. The van der Waals surface area contributed by atoms with Crippen LogP contribution >= 0.6 is 11.6 Å². The lowest BCUT2D eigenvalue weighted by Gasteiger charge is -2.14. The van der Waals surface area contributed by atoms with Gasteiger partial charge in [-0.1, -0.05) is 11.6 Å². The van der Waals surface area contributed by atoms with Crippen LogP contribution in [0, 0.1) is 12.7 Å². The van der Waals surface area contributed by atoms with Crippen molar-refractivity contribution in [2.24, 2.45) is 0 Å². The minimum Gasteiger partial charge on any atom is -0.384 e. The largest absolute Gasteiger partial charge is 0.384 e. The first-order valence-electron chi connectivity index (χ1n) is 5.33. The molecule has 0 fully saturated rings. The minimum atomic E-state index is -1.05. The first kappa shape index (κ1) is 12.8. The zero-order valence-corrected chi connectivity index (χ0v) is 10.4. The SMILES string of the molecule is Cc1cnc(N)c(C(O)c2cc(F)cc(Cl)c2)c1. The number of aromatic nitrogens is 1. The van der Waals surface area contributed by atoms with E-state index in [-0.39, 0.29) is 10.8 Å². The number of nitrogens with two attached hydrogens (primary N) is 1. The molecule has 2 rings (SSSR count). The molecule has 1 heterocycles. The molecule has 94 valence electrons. The Bertz CT molecular complexity index is 569. The van der Waals surface area contributed by atoms with Crippen molar-refractivity contribution in [3.63, 3.8) is 0 Å². The molecule has 1 aromatic heterocycles. The van der Waals surface area contributed by atoms with Crippen molar-refractivity contribution in [3.8, 4) is 0 Å². The Kier molecular flexibility index (Phi) is 3.50. The zero-order valence-electron chi connectivity index (χ0n) is 9.69. The molecule has 1 unspecified atom stereocenters. The number of aryl methyl sites for hydroxylation is 1. The van der Waals surface area contributed by atoms with E-state index in [0.717, 1.165) is 5.56 Å². The van der Waals surface area contributed by atoms with E-state index in [1.54, 1.807) is 12.3 Å². The highest BCUT2D eigenvalue weighted by molar-refractivity contribution is 6.30. The van der Waals surface area contributed by atoms with Crippen molar-refractivity contribution in [2.45, 2.75) is 13.0 Å². The van der Waals surface area contributed by atoms with E-state index in [9.17, 15) is 9.50 Å². The second-order valence-corrected chi connectivity index (χ2v) is 4.53. The number of hydrogen-bond acceptors (Lipinski definition) is 3. The average Bonchev–Trinajstić information content (AvgIpc) is 2.30. The summed E-state index contributed by atoms with van der Waals surface area (Å²) in [5, 5.41) is 10.4. The van der Waals surface area contributed by atoms with Gasteiger partial charge in [0.1, 0.15) is 17.7 Å². The van der Waals surface area contributed by atoms with Crippen molar-refractivity contribution in [3.05, 3.63) is 58.0 Å². The van der Waals surface area contributed by atoms with Gasteiger partial charge in [0.15, 0.2) is 0 Å². The van der Waals surface area contributed by atoms with E-state index in [1.165, 1.54) is 18.2 Å². The third-order valence-electron chi connectivity index (χ3n) is 2.58. The topological polar surface area (TPSA) is 59.1 Å². The number of nitrogen functional groups attached to an aromatic ring is 1. The maximum atomic E-state index is 13.2. The minimum absolute atomic E-state index is 0.216. The van der Waals surface area contributed by atoms with Gasteiger partial charge in [0, 0.05) is 16.8 Å². The van der Waals surface area contributed by atoms with Crippen LogP contribution in [0.2, 0.25) is 5.02 Å². The molecule has 1 atom stereocenters. The van der Waals surface area contributed by atoms with Crippen molar-refractivity contribution >= 4 is 17.4 Å². The van der Waals surface area contributed by atoms with Crippen LogP contribution < -0.4 is 5.73 Å². The molecule has 0 saturated heterocycles. The summed E-state index contributed by atoms with van der Waals surface area (Å²) >= 11 is 5.75. The van der Waals surface area contributed by atoms with Gasteiger partial charge in [-0.2, -0.15) is 0 Å². The van der Waals surface area contributed by atoms with Crippen LogP contribution in [0.4, 0.5) is 10.2 Å². The summed E-state index contributed by atoms with van der Waals surface area (Å²) in [5.74, 6) is -0.288. The van der Waals surface area contributed by atoms with Crippen LogP contribution in [-0.2, 0) is 0 Å². The van der Waals surface area contributed by atoms with E-state index >= 15 is 0 Å². The molecule has 0 bridgehead atoms. The van der Waals surface area contributed by atoms with Crippen LogP contribution in [-0.4, -0.2) is 10.1 Å². The first-order chi connectivity index (χ1) is 8.47. The number of hydrogen-bond donors (Lipinski definition) is 2. The van der Waals surface area contributed by atoms with Gasteiger partial charge >= 0.3 is 0 Å². The third kappa shape index (κ3) is 2.60. The highest BCUT2D eigenvalue weighted by atomic mass is 35.5. The fraction of sp³-hybridized carbons (Fsp3) is 0.154. The van der Waals surface area contributed by atoms with E-state index in [0.29, 0.717) is 11.1 Å². The fourth-order valence-corrected chi connectivity index (χ4v) is 1.96. The number of aliphatic hydroxyl groups excluding tert-OH is 1. The van der Waals surface area contributed by atoms with Crippen LogP contribution in [0.15, 0.2) is 30.5 Å². The normalized spacial score (nSPS) is 12.4. The summed E-state index contributed by atoms with van der Waals surface area (Å²) in [6.07, 6.45) is 0.551. The summed E-state index contributed by atoms with van der Waals surface area (Å²) in [4.78, 5) is 3.96. The van der Waals surface area contributed by atoms with E-state index in [2.05, 4.69) is 4.98 Å². The Labute approximate surface area is 109 Å². The molecule has 3 nitrogen and oxygen atoms in total. The number of benzene rings is 1. The van der Waals surface area contributed by atoms with E-state index < -0.39 is 11.9 Å². The molecule has 3 N–H and O–H groups in total. The molecule has 0 aliphatic heterocycles. The summed E-state index contributed by atoms with van der Waals surface area (Å²) in [6.45, 7) is 1.83. The van der Waals surface area contributed by atoms with Crippen LogP contribution in [0.25, 0.3) is 0 Å². The lowest BCUT2D eigenvalue weighted by molar-refractivity contribution is 0.220. The summed E-state index contributed by atoms with van der Waals surface area (Å²) in [7, 11) is 0. The first-order valence-corrected chi connectivity index (χ1v) is 5.71. The Morgan fingerprint density at radius 3 is 2.72 bits per heavy atom. The van der Waals surface area contributed by atoms with Gasteiger partial charge in [0.05, 0.1) is 0 Å². The van der Waals surface area contributed by atoms with Gasteiger partial charge in [-0.15, -0.1) is 0 Å². The molecule has 1 aromatic carbocycles. The van der Waals surface area contributed by atoms with Gasteiger partial charge in [0.2, 0.25) is 0 Å². The van der Waals surface area contributed by atoms with Gasteiger partial charge in [0.25, 0.3) is 0 Å². The summed E-state index contributed by atoms with van der Waals surface area (Å²) in [6, 6.07) is 5.61. The van der Waals surface area contributed by atoms with E-state index in [4.69, 9.17) is 17.3 Å². The Balaban J connectivity index is 2.47. The smallest absolute Gasteiger partial charge is 0.129 e. The molecule has 0 aliphatic carbocycles. The monoisotopic (exact) mass is 266 g/mol. The van der Waals surface area contributed by atoms with Gasteiger partial charge in [-0.05, 0) is 42.3 Å². The Morgan fingerprint density at radius 1 is 1.33 bits per heavy atom. The van der Waals surface area contributed by atoms with Gasteiger partial charge in [-0.3, -0.25) is 0 Å². The molecule has 0 spiro atoms. The predicted molar refractivity (Wildman–Crippen MR) is 68.9 cm³/mol. The maximum Gasteiger partial charge on any atom is 0.129 e. The lowest BCUT2D eigenvalue weighted by Crippen LogP contribution is -2.06. The fourth-order valence-electron chi connectivity index (χ4n) is 1.73. The van der Waals surface area contributed by atoms with Crippen molar-refractivity contribution in [1.29, 1.82) is 0 Å². The molecule has 0 radical (unpaired) electrons. The molecule has 2 aromatic rings. The van der Waals surface area contributed by atoms with Crippen molar-refractivity contribution in [2.75, 3.05) is 5.73 Å². The number of nitrogens with zero attached hydrogens (tertiary/aromatic N) is 1. The number of pyridine rings is 1. The van der Waals surface area contributed by atoms with Crippen molar-refractivity contribution < 1.29 is 9.50 Å². The molecule has 0 saturated carbocycles. The third-order valence-corrected chi connectivity index (χ3v) is 2.80. The Morgan fingerprint density at radius 2 is 2.06 bits per heavy atom. The molecule has 5 heteroatoms. The molecule has 0 amide bonds. The summed E-state index contributed by atoms with van der Waals surface area (Å²) < 4.78 is 13.2. The second kappa shape index (κ2) is 4.92. The van der Waals surface area contributed by atoms with E-state index in [1.807, 2.05) is 6.92 Å². The zero-order chi connectivity index (χ0) is 13.3. The second-order valence-electron chi connectivity index (χ2n) is 4.09. The van der Waals surface area contributed by atoms with Crippen LogP contribution in [0.5, 0.6) is 0 Å². The molecule has 0 aliphatic rings. The standard InChI is InChI=1S/C13H12ClFN2O/c1-7-2-11(13(16)17-6-7)12(18)8-3-9(14)5-10(15)4-8/h2-6,12,18H,1H3,(H2,16,17). The highest BCUT2D eigenvalue weighted by Gasteiger charge is 2.16. The Hall–Kier alpha value is -1.65. The summed E-state index contributed by atoms with van der Waals surface area (Å²) in [5.41, 5.74) is 7.36. The number of anilines is 1.